The van der Waals surface area contributed by atoms with Crippen molar-refractivity contribution in [3.05, 3.63) is 77.4 Å². The summed E-state index contributed by atoms with van der Waals surface area (Å²) in [5, 5.41) is 13.7. The van der Waals surface area contributed by atoms with E-state index in [0.717, 1.165) is 21.9 Å². The van der Waals surface area contributed by atoms with Crippen LogP contribution in [0.2, 0.25) is 0 Å². The molecule has 0 spiro atoms. The topological polar surface area (TPSA) is 83.7 Å². The zero-order chi connectivity index (χ0) is 18.8. The van der Waals surface area contributed by atoms with E-state index in [2.05, 4.69) is 10.3 Å². The molecule has 0 aliphatic heterocycles. The Bertz CT molecular complexity index is 1130. The largest absolute Gasteiger partial charge is 0.478 e. The number of rotatable bonds is 5. The molecule has 134 valence electrons. The predicted octanol–water partition coefficient (Wildman–Crippen LogP) is 3.94. The first-order valence-corrected chi connectivity index (χ1v) is 9.12. The first-order chi connectivity index (χ1) is 13.1. The Morgan fingerprint density at radius 2 is 1.93 bits per heavy atom. The Morgan fingerprint density at radius 3 is 2.70 bits per heavy atom. The molecule has 2 aromatic heterocycles. The molecule has 0 saturated heterocycles. The number of hydrogen-bond acceptors (Lipinski definition) is 4. The third-order valence-corrected chi connectivity index (χ3v) is 4.98. The summed E-state index contributed by atoms with van der Waals surface area (Å²) in [7, 11) is 0. The highest BCUT2D eigenvalue weighted by Gasteiger charge is 2.13. The number of carboxylic acid groups (broad SMARTS) is 1. The molecule has 0 atom stereocenters. The van der Waals surface area contributed by atoms with Gasteiger partial charge in [0.2, 0.25) is 5.91 Å². The molecule has 4 aromatic rings. The number of thiazole rings is 1. The van der Waals surface area contributed by atoms with Crippen LogP contribution in [0.3, 0.4) is 0 Å². The average molecular weight is 377 g/mol. The van der Waals surface area contributed by atoms with E-state index in [1.54, 1.807) is 12.1 Å². The molecule has 2 aromatic carbocycles. The lowest BCUT2D eigenvalue weighted by Gasteiger charge is -2.05. The molecule has 6 nitrogen and oxygen atoms in total. The van der Waals surface area contributed by atoms with Crippen molar-refractivity contribution >= 4 is 33.9 Å². The second-order valence-electron chi connectivity index (χ2n) is 5.98. The number of aromatic carboxylic acids is 1. The van der Waals surface area contributed by atoms with Gasteiger partial charge in [0.05, 0.1) is 17.7 Å². The molecule has 4 rings (SSSR count). The third kappa shape index (κ3) is 3.58. The van der Waals surface area contributed by atoms with Gasteiger partial charge in [-0.2, -0.15) is 0 Å². The van der Waals surface area contributed by atoms with Gasteiger partial charge in [0.25, 0.3) is 0 Å². The Balaban J connectivity index is 1.53. The second kappa shape index (κ2) is 7.05. The maximum Gasteiger partial charge on any atom is 0.335 e. The van der Waals surface area contributed by atoms with Crippen LogP contribution in [-0.4, -0.2) is 26.4 Å². The van der Waals surface area contributed by atoms with Gasteiger partial charge in [0.15, 0.2) is 4.96 Å². The Morgan fingerprint density at radius 1 is 1.11 bits per heavy atom. The molecule has 0 saturated carbocycles. The fourth-order valence-electron chi connectivity index (χ4n) is 2.80. The van der Waals surface area contributed by atoms with Crippen molar-refractivity contribution in [2.75, 3.05) is 5.32 Å². The van der Waals surface area contributed by atoms with Crippen molar-refractivity contribution in [2.45, 2.75) is 6.42 Å². The number of amides is 1. The van der Waals surface area contributed by atoms with Crippen LogP contribution >= 0.6 is 11.3 Å². The van der Waals surface area contributed by atoms with Crippen LogP contribution in [-0.2, 0) is 11.2 Å². The molecule has 0 fully saturated rings. The maximum absolute atomic E-state index is 12.4. The van der Waals surface area contributed by atoms with Gasteiger partial charge in [-0.05, 0) is 18.2 Å². The first kappa shape index (κ1) is 17.0. The van der Waals surface area contributed by atoms with Crippen LogP contribution in [0.15, 0.2) is 66.2 Å². The molecule has 0 aliphatic rings. The van der Waals surface area contributed by atoms with Crippen molar-refractivity contribution in [1.29, 1.82) is 0 Å². The van der Waals surface area contributed by atoms with Gasteiger partial charge in [-0.15, -0.1) is 11.3 Å². The summed E-state index contributed by atoms with van der Waals surface area (Å²) >= 11 is 1.48. The van der Waals surface area contributed by atoms with Gasteiger partial charge in [0, 0.05) is 28.5 Å². The highest BCUT2D eigenvalue weighted by molar-refractivity contribution is 7.15. The summed E-state index contributed by atoms with van der Waals surface area (Å²) < 4.78 is 1.92. The lowest BCUT2D eigenvalue weighted by atomic mass is 10.2. The van der Waals surface area contributed by atoms with Gasteiger partial charge in [-0.3, -0.25) is 9.20 Å². The van der Waals surface area contributed by atoms with E-state index in [4.69, 9.17) is 5.11 Å². The van der Waals surface area contributed by atoms with E-state index in [9.17, 15) is 9.59 Å². The smallest absolute Gasteiger partial charge is 0.335 e. The van der Waals surface area contributed by atoms with E-state index >= 15 is 0 Å². The number of benzene rings is 2. The van der Waals surface area contributed by atoms with E-state index < -0.39 is 5.97 Å². The minimum atomic E-state index is -1.03. The van der Waals surface area contributed by atoms with Crippen molar-refractivity contribution < 1.29 is 14.7 Å². The molecule has 0 unspecified atom stereocenters. The summed E-state index contributed by atoms with van der Waals surface area (Å²) in [6, 6.07) is 16.1. The minimum Gasteiger partial charge on any atom is -0.478 e. The predicted molar refractivity (Wildman–Crippen MR) is 104 cm³/mol. The molecule has 7 heteroatoms. The number of fused-ring (bicyclic) bond motifs is 1. The summed E-state index contributed by atoms with van der Waals surface area (Å²) in [4.78, 5) is 28.9. The van der Waals surface area contributed by atoms with Crippen LogP contribution < -0.4 is 5.32 Å². The van der Waals surface area contributed by atoms with Crippen molar-refractivity contribution in [3.8, 4) is 11.3 Å². The first-order valence-electron chi connectivity index (χ1n) is 8.24. The number of aromatic nitrogens is 2. The van der Waals surface area contributed by atoms with E-state index in [0.29, 0.717) is 5.69 Å². The monoisotopic (exact) mass is 377 g/mol. The van der Waals surface area contributed by atoms with Crippen LogP contribution in [0.5, 0.6) is 0 Å². The van der Waals surface area contributed by atoms with Crippen molar-refractivity contribution in [3.63, 3.8) is 0 Å². The minimum absolute atomic E-state index is 0.132. The van der Waals surface area contributed by atoms with E-state index in [1.807, 2.05) is 46.3 Å². The Hall–Kier alpha value is -3.45. The van der Waals surface area contributed by atoms with Crippen LogP contribution in [0, 0.1) is 0 Å². The summed E-state index contributed by atoms with van der Waals surface area (Å²) in [6.07, 6.45) is 2.09. The molecule has 0 aliphatic carbocycles. The zero-order valence-electron chi connectivity index (χ0n) is 14.1. The van der Waals surface area contributed by atoms with Crippen molar-refractivity contribution in [2.24, 2.45) is 0 Å². The molecule has 2 heterocycles. The Kier molecular flexibility index (Phi) is 4.43. The maximum atomic E-state index is 12.4. The zero-order valence-corrected chi connectivity index (χ0v) is 14.9. The third-order valence-electron chi connectivity index (χ3n) is 4.09. The summed E-state index contributed by atoms with van der Waals surface area (Å²) in [5.74, 6) is -1.25. The number of hydrogen-bond donors (Lipinski definition) is 2. The molecule has 1 amide bonds. The quantitative estimate of drug-likeness (QED) is 0.552. The van der Waals surface area contributed by atoms with Gasteiger partial charge in [-0.1, -0.05) is 36.4 Å². The lowest BCUT2D eigenvalue weighted by molar-refractivity contribution is -0.115. The lowest BCUT2D eigenvalue weighted by Crippen LogP contribution is -2.15. The van der Waals surface area contributed by atoms with Crippen molar-refractivity contribution in [1.82, 2.24) is 9.38 Å². The molecular weight excluding hydrogens is 362 g/mol. The molecule has 0 radical (unpaired) electrons. The van der Waals surface area contributed by atoms with Gasteiger partial charge in [0.1, 0.15) is 0 Å². The van der Waals surface area contributed by atoms with Gasteiger partial charge < -0.3 is 10.4 Å². The normalized spacial score (nSPS) is 10.8. The second-order valence-corrected chi connectivity index (χ2v) is 6.82. The standard InChI is InChI=1S/C20H15N3O3S/c24-18(21-15-8-4-7-14(9-15)19(25)26)10-16-12-27-20-22-17(11-23(16)20)13-5-2-1-3-6-13/h1-9,11-12H,10H2,(H,21,24)(H,25,26). The van der Waals surface area contributed by atoms with E-state index in [-0.39, 0.29) is 17.9 Å². The fourth-order valence-corrected chi connectivity index (χ4v) is 3.68. The van der Waals surface area contributed by atoms with Crippen LogP contribution in [0.4, 0.5) is 5.69 Å². The highest BCUT2D eigenvalue weighted by Crippen LogP contribution is 2.24. The summed E-state index contributed by atoms with van der Waals surface area (Å²) in [5.41, 5.74) is 3.30. The number of nitrogens with one attached hydrogen (secondary N) is 1. The average Bonchev–Trinajstić information content (AvgIpc) is 3.25. The van der Waals surface area contributed by atoms with E-state index in [1.165, 1.54) is 23.5 Å². The van der Waals surface area contributed by atoms with Gasteiger partial charge in [-0.25, -0.2) is 9.78 Å². The molecular formula is C20H15N3O3S. The molecule has 2 N–H and O–H groups in total. The fraction of sp³-hybridized carbons (Fsp3) is 0.0500. The molecule has 27 heavy (non-hydrogen) atoms. The van der Waals surface area contributed by atoms with Crippen LogP contribution in [0.25, 0.3) is 16.2 Å². The SMILES string of the molecule is O=C(Cc1csc2nc(-c3ccccc3)cn12)Nc1cccc(C(=O)O)c1. The highest BCUT2D eigenvalue weighted by atomic mass is 32.1. The van der Waals surface area contributed by atoms with Gasteiger partial charge >= 0.3 is 5.97 Å². The Labute approximate surface area is 158 Å². The number of nitrogens with zero attached hydrogens (tertiary/aromatic N) is 2. The number of carbonyl (C=O) groups is 2. The number of carbonyl (C=O) groups excluding carboxylic acids is 1. The molecule has 0 bridgehead atoms. The number of imidazole rings is 1. The number of anilines is 1. The summed E-state index contributed by atoms with van der Waals surface area (Å²) in [6.45, 7) is 0. The number of carboxylic acids is 1. The van der Waals surface area contributed by atoms with Crippen LogP contribution in [0.1, 0.15) is 16.1 Å².